The van der Waals surface area contributed by atoms with Crippen LogP contribution in [0.3, 0.4) is 0 Å². The number of rotatable bonds is 5. The first-order valence-electron chi connectivity index (χ1n) is 9.72. The van der Waals surface area contributed by atoms with E-state index in [2.05, 4.69) is 25.5 Å². The second-order valence-corrected chi connectivity index (χ2v) is 7.35. The number of benzene rings is 1. The highest BCUT2D eigenvalue weighted by Gasteiger charge is 2.18. The zero-order chi connectivity index (χ0) is 22.3. The van der Waals surface area contributed by atoms with Gasteiger partial charge in [0.15, 0.2) is 17.4 Å². The number of halogens is 1. The Labute approximate surface area is 178 Å². The number of carbonyl (C=O) groups is 1. The van der Waals surface area contributed by atoms with Crippen LogP contribution in [-0.2, 0) is 7.05 Å². The van der Waals surface area contributed by atoms with Gasteiger partial charge in [-0.3, -0.25) is 9.48 Å². The lowest BCUT2D eigenvalue weighted by atomic mass is 10.1. The Morgan fingerprint density at radius 2 is 1.77 bits per heavy atom. The summed E-state index contributed by atoms with van der Waals surface area (Å²) in [6.45, 7) is 7.10. The standard InChI is InChI=1S/C22H22FN7O/c1-12-21(16-6-8-17(23)9-7-16)29(5)28-22(12)26-18-10-19(25-11-24-18)30-14(3)20(15(4)31)13(2)27-30/h6-11H,1-5H3,(H,24,25,26,28). The summed E-state index contributed by atoms with van der Waals surface area (Å²) in [5, 5.41) is 12.2. The molecule has 0 aliphatic rings. The minimum absolute atomic E-state index is 0.0360. The van der Waals surface area contributed by atoms with Gasteiger partial charge in [-0.15, -0.1) is 0 Å². The molecule has 0 atom stereocenters. The predicted molar refractivity (Wildman–Crippen MR) is 115 cm³/mol. The Balaban J connectivity index is 1.68. The van der Waals surface area contributed by atoms with E-state index >= 15 is 0 Å². The monoisotopic (exact) mass is 419 g/mol. The minimum atomic E-state index is -0.285. The lowest BCUT2D eigenvalue weighted by Crippen LogP contribution is -2.05. The fraction of sp³-hybridized carbons (Fsp3) is 0.227. The molecule has 0 amide bonds. The molecule has 31 heavy (non-hydrogen) atoms. The molecule has 0 radical (unpaired) electrons. The van der Waals surface area contributed by atoms with Crippen LogP contribution in [0.4, 0.5) is 16.0 Å². The molecule has 0 saturated carbocycles. The van der Waals surface area contributed by atoms with Crippen molar-refractivity contribution in [3.05, 3.63) is 65.0 Å². The minimum Gasteiger partial charge on any atom is -0.323 e. The Kier molecular flexibility index (Phi) is 5.10. The number of carbonyl (C=O) groups excluding carboxylic acids is 1. The zero-order valence-corrected chi connectivity index (χ0v) is 17.9. The van der Waals surface area contributed by atoms with Gasteiger partial charge in [-0.05, 0) is 52.0 Å². The Bertz CT molecular complexity index is 1290. The molecule has 0 aliphatic carbocycles. The van der Waals surface area contributed by atoms with Crippen LogP contribution in [0.5, 0.6) is 0 Å². The Morgan fingerprint density at radius 1 is 1.06 bits per heavy atom. The Morgan fingerprint density at radius 3 is 2.42 bits per heavy atom. The molecule has 1 aromatic carbocycles. The maximum Gasteiger partial charge on any atom is 0.163 e. The van der Waals surface area contributed by atoms with Crippen molar-refractivity contribution in [2.45, 2.75) is 27.7 Å². The molecule has 3 heterocycles. The molecule has 4 aromatic rings. The lowest BCUT2D eigenvalue weighted by Gasteiger charge is -2.07. The first-order chi connectivity index (χ1) is 14.8. The summed E-state index contributed by atoms with van der Waals surface area (Å²) in [5.41, 5.74) is 4.62. The van der Waals surface area contributed by atoms with Crippen LogP contribution >= 0.6 is 0 Å². The van der Waals surface area contributed by atoms with Gasteiger partial charge in [0, 0.05) is 24.2 Å². The summed E-state index contributed by atoms with van der Waals surface area (Å²) in [6.07, 6.45) is 1.43. The highest BCUT2D eigenvalue weighted by Crippen LogP contribution is 2.29. The van der Waals surface area contributed by atoms with Crippen molar-refractivity contribution < 1.29 is 9.18 Å². The molecule has 8 nitrogen and oxygen atoms in total. The Hall–Kier alpha value is -3.88. The van der Waals surface area contributed by atoms with E-state index in [0.717, 1.165) is 22.5 Å². The van der Waals surface area contributed by atoms with Crippen LogP contribution in [-0.4, -0.2) is 35.3 Å². The van der Waals surface area contributed by atoms with Crippen molar-refractivity contribution in [3.63, 3.8) is 0 Å². The number of aromatic nitrogens is 6. The van der Waals surface area contributed by atoms with Crippen molar-refractivity contribution in [1.29, 1.82) is 0 Å². The molecule has 9 heteroatoms. The third-order valence-electron chi connectivity index (χ3n) is 5.16. The average Bonchev–Trinajstić information content (AvgIpc) is 3.17. The quantitative estimate of drug-likeness (QED) is 0.491. The normalized spacial score (nSPS) is 11.0. The second-order valence-electron chi connectivity index (χ2n) is 7.35. The molecule has 3 aromatic heterocycles. The number of aryl methyl sites for hydroxylation is 2. The third-order valence-corrected chi connectivity index (χ3v) is 5.16. The van der Waals surface area contributed by atoms with Gasteiger partial charge >= 0.3 is 0 Å². The van der Waals surface area contributed by atoms with Gasteiger partial charge in [-0.25, -0.2) is 19.0 Å². The molecular formula is C22H22FN7O. The van der Waals surface area contributed by atoms with Gasteiger partial charge in [0.2, 0.25) is 0 Å². The highest BCUT2D eigenvalue weighted by atomic mass is 19.1. The van der Waals surface area contributed by atoms with Crippen molar-refractivity contribution in [2.24, 2.45) is 7.05 Å². The van der Waals surface area contributed by atoms with Crippen LogP contribution in [0, 0.1) is 26.6 Å². The molecule has 4 rings (SSSR count). The molecular weight excluding hydrogens is 397 g/mol. The third kappa shape index (κ3) is 3.70. The molecule has 0 spiro atoms. The van der Waals surface area contributed by atoms with Gasteiger partial charge < -0.3 is 5.32 Å². The summed E-state index contributed by atoms with van der Waals surface area (Å²) in [6, 6.07) is 8.04. The summed E-state index contributed by atoms with van der Waals surface area (Å²) in [4.78, 5) is 20.5. The van der Waals surface area contributed by atoms with Gasteiger partial charge in [0.1, 0.15) is 18.0 Å². The average molecular weight is 419 g/mol. The number of hydrogen-bond donors (Lipinski definition) is 1. The van der Waals surface area contributed by atoms with Crippen LogP contribution in [0.2, 0.25) is 0 Å². The van der Waals surface area contributed by atoms with Gasteiger partial charge in [-0.1, -0.05) is 0 Å². The number of hydrogen-bond acceptors (Lipinski definition) is 6. The van der Waals surface area contributed by atoms with Gasteiger partial charge in [0.25, 0.3) is 0 Å². The fourth-order valence-electron chi connectivity index (χ4n) is 3.79. The lowest BCUT2D eigenvalue weighted by molar-refractivity contribution is 0.101. The van der Waals surface area contributed by atoms with E-state index in [9.17, 15) is 9.18 Å². The highest BCUT2D eigenvalue weighted by molar-refractivity contribution is 5.96. The van der Waals surface area contributed by atoms with Crippen LogP contribution < -0.4 is 5.32 Å². The first kappa shape index (κ1) is 20.4. The molecule has 0 unspecified atom stereocenters. The molecule has 0 saturated heterocycles. The van der Waals surface area contributed by atoms with Gasteiger partial charge in [0.05, 0.1) is 22.6 Å². The largest absolute Gasteiger partial charge is 0.323 e. The summed E-state index contributed by atoms with van der Waals surface area (Å²) < 4.78 is 16.7. The predicted octanol–water partition coefficient (Wildman–Crippen LogP) is 4.07. The number of ketones is 1. The van der Waals surface area contributed by atoms with E-state index in [0.29, 0.717) is 28.7 Å². The zero-order valence-electron chi connectivity index (χ0n) is 17.9. The van der Waals surface area contributed by atoms with Crippen molar-refractivity contribution in [1.82, 2.24) is 29.5 Å². The molecule has 0 fully saturated rings. The topological polar surface area (TPSA) is 90.5 Å². The first-order valence-corrected chi connectivity index (χ1v) is 9.72. The maximum atomic E-state index is 13.3. The fourth-order valence-corrected chi connectivity index (χ4v) is 3.79. The van der Waals surface area contributed by atoms with Crippen LogP contribution in [0.15, 0.2) is 36.7 Å². The van der Waals surface area contributed by atoms with E-state index < -0.39 is 0 Å². The van der Waals surface area contributed by atoms with E-state index in [-0.39, 0.29) is 11.6 Å². The SMILES string of the molecule is CC(=O)c1c(C)nn(-c2cc(Nc3nn(C)c(-c4ccc(F)cc4)c3C)ncn2)c1C. The van der Waals surface area contributed by atoms with E-state index in [1.54, 1.807) is 34.5 Å². The molecule has 0 aliphatic heterocycles. The van der Waals surface area contributed by atoms with Crippen LogP contribution in [0.25, 0.3) is 17.1 Å². The maximum absolute atomic E-state index is 13.3. The number of nitrogens with one attached hydrogen (secondary N) is 1. The van der Waals surface area contributed by atoms with E-state index in [4.69, 9.17) is 0 Å². The van der Waals surface area contributed by atoms with Gasteiger partial charge in [-0.2, -0.15) is 10.2 Å². The second kappa shape index (κ2) is 7.75. The van der Waals surface area contributed by atoms with E-state index in [1.165, 1.54) is 25.4 Å². The molecule has 158 valence electrons. The number of nitrogens with zero attached hydrogens (tertiary/aromatic N) is 6. The van der Waals surface area contributed by atoms with Crippen molar-refractivity contribution in [2.75, 3.05) is 5.32 Å². The summed E-state index contributed by atoms with van der Waals surface area (Å²) in [5.74, 6) is 1.38. The summed E-state index contributed by atoms with van der Waals surface area (Å²) >= 11 is 0. The smallest absolute Gasteiger partial charge is 0.163 e. The molecule has 0 bridgehead atoms. The van der Waals surface area contributed by atoms with Crippen LogP contribution in [0.1, 0.15) is 34.2 Å². The van der Waals surface area contributed by atoms with E-state index in [1.807, 2.05) is 20.9 Å². The number of anilines is 2. The molecule has 1 N–H and O–H groups in total. The van der Waals surface area contributed by atoms with Crippen molar-refractivity contribution >= 4 is 17.4 Å². The summed E-state index contributed by atoms with van der Waals surface area (Å²) in [7, 11) is 1.83. The number of Topliss-reactive ketones (excluding diaryl/α,β-unsaturated/α-hetero) is 1. The van der Waals surface area contributed by atoms with Crippen molar-refractivity contribution in [3.8, 4) is 17.1 Å².